The molecule has 0 unspecified atom stereocenters. The summed E-state index contributed by atoms with van der Waals surface area (Å²) < 4.78 is 13.8. The lowest BCUT2D eigenvalue weighted by Crippen LogP contribution is -2.16. The summed E-state index contributed by atoms with van der Waals surface area (Å²) in [7, 11) is 3.23. The fourth-order valence-electron chi connectivity index (χ4n) is 2.59. The van der Waals surface area contributed by atoms with E-state index in [4.69, 9.17) is 9.47 Å². The molecule has 0 saturated carbocycles. The molecule has 0 aliphatic heterocycles. The molecule has 0 saturated heterocycles. The molecule has 0 aliphatic carbocycles. The monoisotopic (exact) mass is 388 g/mol. The quantitative estimate of drug-likeness (QED) is 0.591. The van der Waals surface area contributed by atoms with E-state index in [1.54, 1.807) is 31.6 Å². The van der Waals surface area contributed by atoms with Gasteiger partial charge in [0.2, 0.25) is 0 Å². The average molecular weight is 389 g/mol. The molecule has 7 heteroatoms. The van der Waals surface area contributed by atoms with E-state index in [1.165, 1.54) is 17.4 Å². The Bertz CT molecular complexity index is 998. The summed E-state index contributed by atoms with van der Waals surface area (Å²) >= 11 is 3.06. The standard InChI is InChI=1S/C19H20N2O3S2/c1-4-9-21-14-11-15(23-2)16(24-3)12-17(14)26-19(21)20-18(22)8-7-13-6-5-10-25-13/h5-8,10-12H,4,9H2,1-3H3. The van der Waals surface area contributed by atoms with Crippen molar-refractivity contribution in [2.45, 2.75) is 19.9 Å². The molecule has 0 atom stereocenters. The predicted octanol–water partition coefficient (Wildman–Crippen LogP) is 4.33. The summed E-state index contributed by atoms with van der Waals surface area (Å²) in [5.41, 5.74) is 0.989. The van der Waals surface area contributed by atoms with Crippen molar-refractivity contribution in [1.82, 2.24) is 4.57 Å². The van der Waals surface area contributed by atoms with E-state index in [0.717, 1.165) is 28.1 Å². The topological polar surface area (TPSA) is 52.8 Å². The SMILES string of the molecule is CCCn1c(=NC(=O)C=Cc2cccs2)sc2cc(OC)c(OC)cc21. The molecule has 136 valence electrons. The number of thiazole rings is 1. The number of aromatic nitrogens is 1. The number of carbonyl (C=O) groups is 1. The Morgan fingerprint density at radius 2 is 2.04 bits per heavy atom. The van der Waals surface area contributed by atoms with Crippen LogP contribution in [-0.4, -0.2) is 24.7 Å². The second kappa shape index (κ2) is 8.33. The highest BCUT2D eigenvalue weighted by Gasteiger charge is 2.12. The van der Waals surface area contributed by atoms with Crippen LogP contribution in [0.4, 0.5) is 0 Å². The number of amides is 1. The number of fused-ring (bicyclic) bond motifs is 1. The van der Waals surface area contributed by atoms with E-state index in [-0.39, 0.29) is 5.91 Å². The Morgan fingerprint density at radius 1 is 1.27 bits per heavy atom. The molecule has 26 heavy (non-hydrogen) atoms. The van der Waals surface area contributed by atoms with E-state index in [1.807, 2.05) is 29.6 Å². The van der Waals surface area contributed by atoms with Gasteiger partial charge in [0.25, 0.3) is 5.91 Å². The van der Waals surface area contributed by atoms with Crippen molar-refractivity contribution in [2.24, 2.45) is 4.99 Å². The molecule has 0 bridgehead atoms. The van der Waals surface area contributed by atoms with Crippen molar-refractivity contribution in [2.75, 3.05) is 14.2 Å². The first-order valence-electron chi connectivity index (χ1n) is 8.22. The maximum absolute atomic E-state index is 12.3. The average Bonchev–Trinajstić information content (AvgIpc) is 3.27. The third-order valence-electron chi connectivity index (χ3n) is 3.77. The van der Waals surface area contributed by atoms with Crippen LogP contribution in [0.1, 0.15) is 18.2 Å². The molecule has 2 aromatic heterocycles. The number of aryl methyl sites for hydroxylation is 1. The van der Waals surface area contributed by atoms with Crippen molar-refractivity contribution < 1.29 is 14.3 Å². The number of hydrogen-bond acceptors (Lipinski definition) is 5. The van der Waals surface area contributed by atoms with E-state index >= 15 is 0 Å². The molecule has 0 N–H and O–H groups in total. The fraction of sp³-hybridized carbons (Fsp3) is 0.263. The highest BCUT2D eigenvalue weighted by molar-refractivity contribution is 7.16. The summed E-state index contributed by atoms with van der Waals surface area (Å²) in [5.74, 6) is 1.06. The lowest BCUT2D eigenvalue weighted by Gasteiger charge is -2.08. The van der Waals surface area contributed by atoms with Crippen molar-refractivity contribution in [3.8, 4) is 11.5 Å². The van der Waals surface area contributed by atoms with Gasteiger partial charge in [0.05, 0.1) is 24.4 Å². The van der Waals surface area contributed by atoms with Crippen molar-refractivity contribution in [3.63, 3.8) is 0 Å². The zero-order chi connectivity index (χ0) is 18.5. The Kier molecular flexibility index (Phi) is 5.90. The second-order valence-corrected chi connectivity index (χ2v) is 7.50. The van der Waals surface area contributed by atoms with Crippen LogP contribution >= 0.6 is 22.7 Å². The van der Waals surface area contributed by atoms with Gasteiger partial charge in [-0.05, 0) is 23.9 Å². The summed E-state index contributed by atoms with van der Waals surface area (Å²) in [6, 6.07) is 7.78. The Balaban J connectivity index is 2.06. The zero-order valence-electron chi connectivity index (χ0n) is 14.9. The number of thiophene rings is 1. The molecule has 3 aromatic rings. The minimum atomic E-state index is -0.270. The first kappa shape index (κ1) is 18.4. The molecular formula is C19H20N2O3S2. The third-order valence-corrected chi connectivity index (χ3v) is 5.65. The molecule has 0 aliphatic rings. The van der Waals surface area contributed by atoms with Gasteiger partial charge in [-0.3, -0.25) is 4.79 Å². The number of methoxy groups -OCH3 is 2. The van der Waals surface area contributed by atoms with Gasteiger partial charge >= 0.3 is 0 Å². The first-order valence-corrected chi connectivity index (χ1v) is 9.91. The third kappa shape index (κ3) is 3.89. The largest absolute Gasteiger partial charge is 0.493 e. The molecule has 1 aromatic carbocycles. The van der Waals surface area contributed by atoms with E-state index in [9.17, 15) is 4.79 Å². The molecule has 0 spiro atoms. The van der Waals surface area contributed by atoms with Gasteiger partial charge in [0.15, 0.2) is 16.3 Å². The van der Waals surface area contributed by atoms with Gasteiger partial charge < -0.3 is 14.0 Å². The summed E-state index contributed by atoms with van der Waals surface area (Å²) in [6.45, 7) is 2.87. The number of benzene rings is 1. The normalized spacial score (nSPS) is 12.2. The van der Waals surface area contributed by atoms with Gasteiger partial charge in [-0.1, -0.05) is 24.3 Å². The lowest BCUT2D eigenvalue weighted by atomic mass is 10.3. The highest BCUT2D eigenvalue weighted by Crippen LogP contribution is 2.33. The van der Waals surface area contributed by atoms with Crippen molar-refractivity contribution in [1.29, 1.82) is 0 Å². The fourth-order valence-corrected chi connectivity index (χ4v) is 4.28. The van der Waals surface area contributed by atoms with Gasteiger partial charge in [-0.2, -0.15) is 4.99 Å². The molecular weight excluding hydrogens is 368 g/mol. The van der Waals surface area contributed by atoms with Crippen molar-refractivity contribution in [3.05, 3.63) is 45.4 Å². The number of carbonyl (C=O) groups excluding carboxylic acids is 1. The first-order chi connectivity index (χ1) is 12.7. The summed E-state index contributed by atoms with van der Waals surface area (Å²) in [4.78, 5) is 18.3. The maximum atomic E-state index is 12.3. The van der Waals surface area contributed by atoms with Crippen LogP contribution in [0, 0.1) is 0 Å². The zero-order valence-corrected chi connectivity index (χ0v) is 16.5. The molecule has 3 rings (SSSR count). The van der Waals surface area contributed by atoms with Crippen LogP contribution in [0.25, 0.3) is 16.3 Å². The van der Waals surface area contributed by atoms with Crippen LogP contribution in [-0.2, 0) is 11.3 Å². The Hall–Kier alpha value is -2.38. The van der Waals surface area contributed by atoms with E-state index in [2.05, 4.69) is 16.5 Å². The molecule has 1 amide bonds. The van der Waals surface area contributed by atoms with Crippen LogP contribution in [0.3, 0.4) is 0 Å². The Labute approximate surface area is 159 Å². The van der Waals surface area contributed by atoms with E-state index in [0.29, 0.717) is 16.3 Å². The van der Waals surface area contributed by atoms with Gasteiger partial charge in [-0.15, -0.1) is 11.3 Å². The second-order valence-electron chi connectivity index (χ2n) is 5.51. The van der Waals surface area contributed by atoms with Crippen LogP contribution < -0.4 is 14.3 Å². The number of nitrogens with zero attached hydrogens (tertiary/aromatic N) is 2. The lowest BCUT2D eigenvalue weighted by molar-refractivity contribution is -0.113. The number of rotatable bonds is 6. The van der Waals surface area contributed by atoms with Gasteiger partial charge in [-0.25, -0.2) is 0 Å². The minimum Gasteiger partial charge on any atom is -0.493 e. The molecule has 2 heterocycles. The number of hydrogen-bond donors (Lipinski definition) is 0. The number of ether oxygens (including phenoxy) is 2. The minimum absolute atomic E-state index is 0.270. The van der Waals surface area contributed by atoms with Crippen LogP contribution in [0.5, 0.6) is 11.5 Å². The Morgan fingerprint density at radius 3 is 2.69 bits per heavy atom. The predicted molar refractivity (Wildman–Crippen MR) is 107 cm³/mol. The van der Waals surface area contributed by atoms with Gasteiger partial charge in [0, 0.05) is 29.6 Å². The van der Waals surface area contributed by atoms with Crippen LogP contribution in [0.15, 0.2) is 40.7 Å². The van der Waals surface area contributed by atoms with Crippen molar-refractivity contribution >= 4 is 44.9 Å². The van der Waals surface area contributed by atoms with Gasteiger partial charge in [0.1, 0.15) is 0 Å². The summed E-state index contributed by atoms with van der Waals surface area (Å²) in [5, 5.41) is 1.98. The highest BCUT2D eigenvalue weighted by atomic mass is 32.1. The molecule has 0 fully saturated rings. The molecule has 5 nitrogen and oxygen atoms in total. The summed E-state index contributed by atoms with van der Waals surface area (Å²) in [6.07, 6.45) is 4.24. The smallest absolute Gasteiger partial charge is 0.272 e. The van der Waals surface area contributed by atoms with E-state index < -0.39 is 0 Å². The maximum Gasteiger partial charge on any atom is 0.272 e. The van der Waals surface area contributed by atoms with Crippen LogP contribution in [0.2, 0.25) is 0 Å². The molecule has 0 radical (unpaired) electrons.